The van der Waals surface area contributed by atoms with Crippen LogP contribution in [0.3, 0.4) is 0 Å². The third-order valence-electron chi connectivity index (χ3n) is 6.48. The summed E-state index contributed by atoms with van der Waals surface area (Å²) in [5.41, 5.74) is 2.09. The SMILES string of the molecule is Cc1nc(NCC(C)(C)C)nc(N[C@@H]2C[C@H](C(C)(C)O)[C@@H](O)[C@H]2O)c1-c1nc2c(C)nccc2s1. The monoisotopic (exact) mass is 500 g/mol. The predicted molar refractivity (Wildman–Crippen MR) is 140 cm³/mol. The van der Waals surface area contributed by atoms with E-state index in [0.29, 0.717) is 24.7 Å². The Hall–Kier alpha value is -2.40. The average molecular weight is 501 g/mol. The lowest BCUT2D eigenvalue weighted by atomic mass is 9.88. The van der Waals surface area contributed by atoms with Gasteiger partial charge < -0.3 is 26.0 Å². The van der Waals surface area contributed by atoms with Gasteiger partial charge in [0.1, 0.15) is 22.4 Å². The van der Waals surface area contributed by atoms with E-state index in [1.165, 1.54) is 11.3 Å². The molecule has 5 N–H and O–H groups in total. The molecule has 3 aromatic rings. The van der Waals surface area contributed by atoms with E-state index in [-0.39, 0.29) is 5.41 Å². The summed E-state index contributed by atoms with van der Waals surface area (Å²) in [7, 11) is 0. The van der Waals surface area contributed by atoms with Crippen LogP contribution in [0.4, 0.5) is 11.8 Å². The quantitative estimate of drug-likeness (QED) is 0.344. The number of aliphatic hydroxyl groups is 3. The summed E-state index contributed by atoms with van der Waals surface area (Å²) in [5.74, 6) is 0.539. The topological polar surface area (TPSA) is 136 Å². The molecule has 0 aliphatic heterocycles. The number of aliphatic hydroxyl groups excluding tert-OH is 2. The highest BCUT2D eigenvalue weighted by atomic mass is 32.1. The molecule has 190 valence electrons. The van der Waals surface area contributed by atoms with Crippen molar-refractivity contribution in [2.45, 2.75) is 78.7 Å². The van der Waals surface area contributed by atoms with E-state index in [4.69, 9.17) is 15.0 Å². The number of thiazole rings is 1. The van der Waals surface area contributed by atoms with Crippen molar-refractivity contribution in [1.82, 2.24) is 19.9 Å². The first-order chi connectivity index (χ1) is 16.2. The van der Waals surface area contributed by atoms with E-state index in [1.54, 1.807) is 20.0 Å². The van der Waals surface area contributed by atoms with E-state index < -0.39 is 29.8 Å². The van der Waals surface area contributed by atoms with E-state index in [1.807, 2.05) is 19.9 Å². The van der Waals surface area contributed by atoms with E-state index in [2.05, 4.69) is 36.4 Å². The zero-order valence-corrected chi connectivity index (χ0v) is 22.2. The number of fused-ring (bicyclic) bond motifs is 1. The van der Waals surface area contributed by atoms with Crippen molar-refractivity contribution in [2.75, 3.05) is 17.2 Å². The fourth-order valence-corrected chi connectivity index (χ4v) is 5.61. The minimum Gasteiger partial charge on any atom is -0.390 e. The Morgan fingerprint density at radius 3 is 2.34 bits per heavy atom. The van der Waals surface area contributed by atoms with E-state index >= 15 is 0 Å². The predicted octanol–water partition coefficient (Wildman–Crippen LogP) is 3.52. The summed E-state index contributed by atoms with van der Waals surface area (Å²) in [6.45, 7) is 14.2. The van der Waals surface area contributed by atoms with Crippen molar-refractivity contribution in [3.05, 3.63) is 23.7 Å². The lowest BCUT2D eigenvalue weighted by molar-refractivity contribution is -0.0601. The van der Waals surface area contributed by atoms with Crippen LogP contribution in [0.5, 0.6) is 0 Å². The molecule has 4 rings (SSSR count). The van der Waals surface area contributed by atoms with Crippen LogP contribution < -0.4 is 10.6 Å². The Labute approximate surface area is 210 Å². The Kier molecular flexibility index (Phi) is 6.78. The van der Waals surface area contributed by atoms with Gasteiger partial charge in [-0.25, -0.2) is 9.97 Å². The Balaban J connectivity index is 1.76. The first kappa shape index (κ1) is 25.7. The molecule has 3 heterocycles. The normalized spacial score (nSPS) is 23.1. The van der Waals surface area contributed by atoms with Crippen LogP contribution in [-0.4, -0.2) is 65.7 Å². The van der Waals surface area contributed by atoms with Crippen molar-refractivity contribution in [3.63, 3.8) is 0 Å². The molecule has 0 aromatic carbocycles. The first-order valence-corrected chi connectivity index (χ1v) is 12.8. The average Bonchev–Trinajstić information content (AvgIpc) is 3.29. The van der Waals surface area contributed by atoms with Gasteiger partial charge in [0.15, 0.2) is 0 Å². The third-order valence-corrected chi connectivity index (χ3v) is 7.52. The van der Waals surface area contributed by atoms with Crippen LogP contribution in [-0.2, 0) is 0 Å². The highest BCUT2D eigenvalue weighted by Crippen LogP contribution is 2.40. The summed E-state index contributed by atoms with van der Waals surface area (Å²) >= 11 is 1.54. The van der Waals surface area contributed by atoms with Gasteiger partial charge in [0.05, 0.1) is 39.4 Å². The number of aryl methyl sites for hydroxylation is 2. The fraction of sp³-hybridized carbons (Fsp3) is 0.600. The van der Waals surface area contributed by atoms with Gasteiger partial charge in [-0.3, -0.25) is 4.98 Å². The van der Waals surface area contributed by atoms with E-state index in [9.17, 15) is 15.3 Å². The summed E-state index contributed by atoms with van der Waals surface area (Å²) < 4.78 is 1.02. The van der Waals surface area contributed by atoms with Gasteiger partial charge in [0, 0.05) is 18.7 Å². The van der Waals surface area contributed by atoms with Crippen molar-refractivity contribution < 1.29 is 15.3 Å². The number of hydrogen-bond donors (Lipinski definition) is 5. The summed E-state index contributed by atoms with van der Waals surface area (Å²) in [6.07, 6.45) is 0.0623. The van der Waals surface area contributed by atoms with Crippen LogP contribution in [0.2, 0.25) is 0 Å². The molecule has 0 spiro atoms. The van der Waals surface area contributed by atoms with Gasteiger partial charge in [0.2, 0.25) is 5.95 Å². The van der Waals surface area contributed by atoms with Gasteiger partial charge in [0.25, 0.3) is 0 Å². The van der Waals surface area contributed by atoms with E-state index in [0.717, 1.165) is 32.2 Å². The molecule has 0 bridgehead atoms. The molecule has 1 saturated carbocycles. The molecule has 1 aliphatic carbocycles. The zero-order chi connectivity index (χ0) is 25.7. The molecule has 0 unspecified atom stereocenters. The van der Waals surface area contributed by atoms with Crippen LogP contribution in [0.25, 0.3) is 20.8 Å². The molecule has 10 heteroatoms. The van der Waals surface area contributed by atoms with Gasteiger partial charge >= 0.3 is 0 Å². The Morgan fingerprint density at radius 2 is 1.74 bits per heavy atom. The highest BCUT2D eigenvalue weighted by molar-refractivity contribution is 7.21. The fourth-order valence-electron chi connectivity index (χ4n) is 4.50. The number of rotatable bonds is 6. The number of nitrogens with zero attached hydrogens (tertiary/aromatic N) is 4. The van der Waals surface area contributed by atoms with Crippen molar-refractivity contribution in [3.8, 4) is 10.6 Å². The summed E-state index contributed by atoms with van der Waals surface area (Å²) in [4.78, 5) is 18.7. The molecule has 3 aromatic heterocycles. The Morgan fingerprint density at radius 1 is 1.03 bits per heavy atom. The van der Waals surface area contributed by atoms with Crippen LogP contribution >= 0.6 is 11.3 Å². The second-order valence-electron chi connectivity index (χ2n) is 11.3. The third kappa shape index (κ3) is 5.40. The number of hydrogen-bond acceptors (Lipinski definition) is 10. The molecule has 1 fully saturated rings. The first-order valence-electron chi connectivity index (χ1n) is 11.9. The molecule has 0 radical (unpaired) electrons. The Bertz CT molecular complexity index is 1220. The highest BCUT2D eigenvalue weighted by Gasteiger charge is 2.48. The van der Waals surface area contributed by atoms with Gasteiger partial charge in [-0.1, -0.05) is 20.8 Å². The van der Waals surface area contributed by atoms with Gasteiger partial charge in [-0.15, -0.1) is 11.3 Å². The van der Waals surface area contributed by atoms with Crippen molar-refractivity contribution in [2.24, 2.45) is 11.3 Å². The standard InChI is InChI=1S/C25H36N6O3S/c1-12-17(22-30-18-13(2)26-9-8-16(18)35-22)21(31-23(28-12)27-11-24(3,4)5)29-15-10-14(25(6,7)34)19(32)20(15)33/h8-9,14-15,19-20,32-34H,10-11H2,1-7H3,(H2,27,28,29,31)/t14-,15+,19+,20-/m0/s1. The number of anilines is 2. The maximum Gasteiger partial charge on any atom is 0.224 e. The molecular formula is C25H36N6O3S. The van der Waals surface area contributed by atoms with Gasteiger partial charge in [-0.05, 0) is 45.6 Å². The van der Waals surface area contributed by atoms with Crippen molar-refractivity contribution >= 4 is 33.3 Å². The largest absolute Gasteiger partial charge is 0.390 e. The molecule has 1 aliphatic rings. The van der Waals surface area contributed by atoms with Crippen LogP contribution in [0.1, 0.15) is 52.4 Å². The molecule has 9 nitrogen and oxygen atoms in total. The molecular weight excluding hydrogens is 464 g/mol. The molecule has 0 saturated heterocycles. The number of nitrogens with one attached hydrogen (secondary N) is 2. The zero-order valence-electron chi connectivity index (χ0n) is 21.4. The van der Waals surface area contributed by atoms with Gasteiger partial charge in [-0.2, -0.15) is 4.98 Å². The second kappa shape index (κ2) is 9.24. The molecule has 35 heavy (non-hydrogen) atoms. The second-order valence-corrected chi connectivity index (χ2v) is 12.3. The molecule has 4 atom stereocenters. The number of aromatic nitrogens is 4. The minimum atomic E-state index is -1.13. The lowest BCUT2D eigenvalue weighted by Crippen LogP contribution is -2.40. The maximum absolute atomic E-state index is 10.8. The minimum absolute atomic E-state index is 0.0345. The number of pyridine rings is 1. The molecule has 0 amide bonds. The maximum atomic E-state index is 10.8. The summed E-state index contributed by atoms with van der Waals surface area (Å²) in [5, 5.41) is 39.4. The van der Waals surface area contributed by atoms with Crippen molar-refractivity contribution in [1.29, 1.82) is 0 Å². The van der Waals surface area contributed by atoms with Crippen LogP contribution in [0, 0.1) is 25.2 Å². The van der Waals surface area contributed by atoms with Crippen LogP contribution in [0.15, 0.2) is 12.3 Å². The smallest absolute Gasteiger partial charge is 0.224 e. The lowest BCUT2D eigenvalue weighted by Gasteiger charge is -2.28. The summed E-state index contributed by atoms with van der Waals surface area (Å²) in [6, 6.07) is 1.44.